The zero-order chi connectivity index (χ0) is 11.4. The zero-order valence-corrected chi connectivity index (χ0v) is 11.1. The van der Waals surface area contributed by atoms with Gasteiger partial charge in [-0.15, -0.1) is 0 Å². The Kier molecular flexibility index (Phi) is 4.66. The third-order valence-electron chi connectivity index (χ3n) is 4.76. The molecule has 1 aliphatic heterocycles. The number of hydrogen-bond acceptors (Lipinski definition) is 2. The minimum atomic E-state index is 0.918. The van der Waals surface area contributed by atoms with Crippen LogP contribution >= 0.6 is 0 Å². The fourth-order valence-electron chi connectivity index (χ4n) is 3.36. The van der Waals surface area contributed by atoms with Crippen LogP contribution in [-0.4, -0.2) is 48.6 Å². The first kappa shape index (κ1) is 12.4. The van der Waals surface area contributed by atoms with Gasteiger partial charge >= 0.3 is 0 Å². The van der Waals surface area contributed by atoms with Gasteiger partial charge in [0.1, 0.15) is 0 Å². The fourth-order valence-corrected chi connectivity index (χ4v) is 3.36. The molecule has 94 valence electrons. The number of piperazine rings is 1. The Balaban J connectivity index is 1.73. The molecule has 0 N–H and O–H groups in total. The summed E-state index contributed by atoms with van der Waals surface area (Å²) in [6, 6.07) is 0.918. The lowest BCUT2D eigenvalue weighted by Gasteiger charge is -2.41. The standard InChI is InChI=1S/C14H28N2/c1-3-13-5-7-14(8-6-13)16-11-9-15(4-2)10-12-16/h13-14H,3-12H2,1-2H3. The van der Waals surface area contributed by atoms with E-state index in [0.717, 1.165) is 12.0 Å². The average molecular weight is 224 g/mol. The molecule has 2 nitrogen and oxygen atoms in total. The van der Waals surface area contributed by atoms with Crippen LogP contribution < -0.4 is 0 Å². The summed E-state index contributed by atoms with van der Waals surface area (Å²) in [5, 5.41) is 0. The Bertz CT molecular complexity index is 167. The minimum Gasteiger partial charge on any atom is -0.301 e. The average Bonchev–Trinajstić information content (AvgIpc) is 2.39. The van der Waals surface area contributed by atoms with E-state index < -0.39 is 0 Å². The summed E-state index contributed by atoms with van der Waals surface area (Å²) < 4.78 is 0. The molecular weight excluding hydrogens is 196 g/mol. The van der Waals surface area contributed by atoms with Crippen LogP contribution in [0, 0.1) is 5.92 Å². The first-order chi connectivity index (χ1) is 7.83. The molecular formula is C14H28N2. The maximum atomic E-state index is 2.76. The highest BCUT2D eigenvalue weighted by atomic mass is 15.3. The summed E-state index contributed by atoms with van der Waals surface area (Å²) in [7, 11) is 0. The molecule has 0 bridgehead atoms. The number of likely N-dealkylation sites (N-methyl/N-ethyl adjacent to an activating group) is 1. The van der Waals surface area contributed by atoms with E-state index in [4.69, 9.17) is 0 Å². The molecule has 1 aliphatic carbocycles. The van der Waals surface area contributed by atoms with Gasteiger partial charge in [0, 0.05) is 32.2 Å². The fraction of sp³-hybridized carbons (Fsp3) is 1.00. The molecule has 0 atom stereocenters. The van der Waals surface area contributed by atoms with Gasteiger partial charge in [-0.1, -0.05) is 20.3 Å². The van der Waals surface area contributed by atoms with Crippen LogP contribution in [0.3, 0.4) is 0 Å². The predicted octanol–water partition coefficient (Wildman–Crippen LogP) is 2.59. The SMILES string of the molecule is CCC1CCC(N2CCN(CC)CC2)CC1. The van der Waals surface area contributed by atoms with E-state index in [0.29, 0.717) is 0 Å². The molecule has 2 fully saturated rings. The molecule has 1 heterocycles. The van der Waals surface area contributed by atoms with Crippen molar-refractivity contribution >= 4 is 0 Å². The van der Waals surface area contributed by atoms with Crippen LogP contribution in [0.5, 0.6) is 0 Å². The van der Waals surface area contributed by atoms with Gasteiger partial charge in [-0.25, -0.2) is 0 Å². The van der Waals surface area contributed by atoms with Crippen molar-refractivity contribution in [2.24, 2.45) is 5.92 Å². The zero-order valence-electron chi connectivity index (χ0n) is 11.1. The predicted molar refractivity (Wildman–Crippen MR) is 69.7 cm³/mol. The summed E-state index contributed by atoms with van der Waals surface area (Å²) in [5.74, 6) is 1.04. The van der Waals surface area contributed by atoms with Gasteiger partial charge in [-0.05, 0) is 38.1 Å². The van der Waals surface area contributed by atoms with Crippen LogP contribution in [-0.2, 0) is 0 Å². The highest BCUT2D eigenvalue weighted by Crippen LogP contribution is 2.29. The summed E-state index contributed by atoms with van der Waals surface area (Å²) in [5.41, 5.74) is 0. The van der Waals surface area contributed by atoms with Gasteiger partial charge < -0.3 is 4.90 Å². The van der Waals surface area contributed by atoms with Crippen LogP contribution in [0.25, 0.3) is 0 Å². The van der Waals surface area contributed by atoms with E-state index in [1.54, 1.807) is 0 Å². The van der Waals surface area contributed by atoms with Crippen molar-refractivity contribution in [3.8, 4) is 0 Å². The second-order valence-electron chi connectivity index (χ2n) is 5.55. The first-order valence-corrected chi connectivity index (χ1v) is 7.29. The molecule has 0 aromatic rings. The second-order valence-corrected chi connectivity index (χ2v) is 5.55. The van der Waals surface area contributed by atoms with Gasteiger partial charge in [0.25, 0.3) is 0 Å². The van der Waals surface area contributed by atoms with E-state index in [-0.39, 0.29) is 0 Å². The molecule has 0 spiro atoms. The molecule has 1 saturated heterocycles. The summed E-state index contributed by atoms with van der Waals surface area (Å²) in [6.45, 7) is 11.1. The van der Waals surface area contributed by atoms with Gasteiger partial charge in [0.15, 0.2) is 0 Å². The molecule has 0 amide bonds. The number of nitrogens with zero attached hydrogens (tertiary/aromatic N) is 2. The quantitative estimate of drug-likeness (QED) is 0.727. The highest BCUT2D eigenvalue weighted by Gasteiger charge is 2.27. The van der Waals surface area contributed by atoms with Gasteiger partial charge in [0.2, 0.25) is 0 Å². The van der Waals surface area contributed by atoms with Crippen LogP contribution in [0.15, 0.2) is 0 Å². The maximum Gasteiger partial charge on any atom is 0.0113 e. The summed E-state index contributed by atoms with van der Waals surface area (Å²) in [6.07, 6.45) is 7.29. The normalized spacial score (nSPS) is 34.1. The molecule has 0 aromatic carbocycles. The molecule has 2 rings (SSSR count). The van der Waals surface area contributed by atoms with Gasteiger partial charge in [0.05, 0.1) is 0 Å². The van der Waals surface area contributed by atoms with E-state index in [9.17, 15) is 0 Å². The van der Waals surface area contributed by atoms with E-state index in [1.165, 1.54) is 64.8 Å². The smallest absolute Gasteiger partial charge is 0.0113 e. The van der Waals surface area contributed by atoms with Crippen LogP contribution in [0.1, 0.15) is 46.0 Å². The molecule has 2 aliphatic rings. The number of hydrogen-bond donors (Lipinski definition) is 0. The molecule has 16 heavy (non-hydrogen) atoms. The largest absolute Gasteiger partial charge is 0.301 e. The Morgan fingerprint density at radius 2 is 1.50 bits per heavy atom. The van der Waals surface area contributed by atoms with Crippen molar-refractivity contribution in [3.63, 3.8) is 0 Å². The van der Waals surface area contributed by atoms with Crippen molar-refractivity contribution in [2.75, 3.05) is 32.7 Å². The lowest BCUT2D eigenvalue weighted by atomic mass is 9.84. The van der Waals surface area contributed by atoms with E-state index in [1.807, 2.05) is 0 Å². The highest BCUT2D eigenvalue weighted by molar-refractivity contribution is 4.82. The third-order valence-corrected chi connectivity index (χ3v) is 4.76. The Hall–Kier alpha value is -0.0800. The Labute approximate surface area is 101 Å². The lowest BCUT2D eigenvalue weighted by Crippen LogP contribution is -2.50. The molecule has 0 radical (unpaired) electrons. The van der Waals surface area contributed by atoms with Crippen LogP contribution in [0.4, 0.5) is 0 Å². The molecule has 0 aromatic heterocycles. The summed E-state index contributed by atoms with van der Waals surface area (Å²) >= 11 is 0. The van der Waals surface area contributed by atoms with Crippen molar-refractivity contribution < 1.29 is 0 Å². The number of rotatable bonds is 3. The van der Waals surface area contributed by atoms with Crippen molar-refractivity contribution in [2.45, 2.75) is 52.0 Å². The molecule has 2 heteroatoms. The molecule has 1 saturated carbocycles. The van der Waals surface area contributed by atoms with E-state index >= 15 is 0 Å². The van der Waals surface area contributed by atoms with Crippen molar-refractivity contribution in [1.29, 1.82) is 0 Å². The first-order valence-electron chi connectivity index (χ1n) is 7.29. The van der Waals surface area contributed by atoms with Gasteiger partial charge in [-0.3, -0.25) is 4.90 Å². The monoisotopic (exact) mass is 224 g/mol. The van der Waals surface area contributed by atoms with Crippen molar-refractivity contribution in [1.82, 2.24) is 9.80 Å². The van der Waals surface area contributed by atoms with Crippen LogP contribution in [0.2, 0.25) is 0 Å². The van der Waals surface area contributed by atoms with Crippen molar-refractivity contribution in [3.05, 3.63) is 0 Å². The Morgan fingerprint density at radius 1 is 0.875 bits per heavy atom. The minimum absolute atomic E-state index is 0.918. The maximum absolute atomic E-state index is 2.76. The van der Waals surface area contributed by atoms with E-state index in [2.05, 4.69) is 23.6 Å². The topological polar surface area (TPSA) is 6.48 Å². The third kappa shape index (κ3) is 2.98. The summed E-state index contributed by atoms with van der Waals surface area (Å²) in [4.78, 5) is 5.34. The Morgan fingerprint density at radius 3 is 2.00 bits per heavy atom. The lowest BCUT2D eigenvalue weighted by molar-refractivity contribution is 0.0725. The second kappa shape index (κ2) is 6.02. The molecule has 0 unspecified atom stereocenters. The van der Waals surface area contributed by atoms with Gasteiger partial charge in [-0.2, -0.15) is 0 Å².